The first kappa shape index (κ1) is 24.7. The van der Waals surface area contributed by atoms with E-state index in [1.807, 2.05) is 37.0 Å². The Morgan fingerprint density at radius 3 is 2.85 bits per heavy atom. The molecule has 0 radical (unpaired) electrons. The largest absolute Gasteiger partial charge is 0.343 e. The van der Waals surface area contributed by atoms with Gasteiger partial charge in [0, 0.05) is 48.7 Å². The van der Waals surface area contributed by atoms with E-state index in [2.05, 4.69) is 59.1 Å². The van der Waals surface area contributed by atoms with Crippen LogP contribution in [0.1, 0.15) is 74.9 Å². The summed E-state index contributed by atoms with van der Waals surface area (Å²) in [6.07, 6.45) is 12.5. The molecule has 176 valence electrons. The highest BCUT2D eigenvalue weighted by Crippen LogP contribution is 2.32. The summed E-state index contributed by atoms with van der Waals surface area (Å²) in [6.45, 7) is 12.6. The molecule has 2 aliphatic rings. The number of nitrogens with zero attached hydrogens (tertiary/aromatic N) is 5. The average Bonchev–Trinajstić information content (AvgIpc) is 3.43. The molecule has 4 rings (SSSR count). The topological polar surface area (TPSA) is 69.8 Å². The van der Waals surface area contributed by atoms with E-state index in [0.29, 0.717) is 5.69 Å². The SMILES string of the molecule is C=C(CCC)Nc1cc2n(n1)C=CC(c1cc(C#N)ncc1CCC1CCN(C)C1)C2.CC. The van der Waals surface area contributed by atoms with E-state index in [4.69, 9.17) is 0 Å². The summed E-state index contributed by atoms with van der Waals surface area (Å²) in [5.41, 5.74) is 5.14. The van der Waals surface area contributed by atoms with E-state index >= 15 is 0 Å². The number of anilines is 1. The van der Waals surface area contributed by atoms with Crippen LogP contribution in [0.4, 0.5) is 5.82 Å². The lowest BCUT2D eigenvalue weighted by Gasteiger charge is -2.21. The minimum absolute atomic E-state index is 0.229. The van der Waals surface area contributed by atoms with Crippen molar-refractivity contribution >= 4 is 12.0 Å². The van der Waals surface area contributed by atoms with Crippen molar-refractivity contribution < 1.29 is 0 Å². The van der Waals surface area contributed by atoms with E-state index in [1.165, 1.54) is 37.1 Å². The molecule has 33 heavy (non-hydrogen) atoms. The first-order chi connectivity index (χ1) is 16.1. The summed E-state index contributed by atoms with van der Waals surface area (Å²) in [5, 5.41) is 17.4. The van der Waals surface area contributed by atoms with Crippen LogP contribution in [0, 0.1) is 17.2 Å². The van der Waals surface area contributed by atoms with Crippen molar-refractivity contribution in [2.45, 2.75) is 65.2 Å². The lowest BCUT2D eigenvalue weighted by atomic mass is 9.87. The molecule has 4 heterocycles. The first-order valence-corrected chi connectivity index (χ1v) is 12.3. The van der Waals surface area contributed by atoms with Crippen molar-refractivity contribution in [2.75, 3.05) is 25.5 Å². The molecule has 0 saturated carbocycles. The molecule has 1 saturated heterocycles. The molecule has 1 fully saturated rings. The predicted octanol–water partition coefficient (Wildman–Crippen LogP) is 5.60. The Morgan fingerprint density at radius 2 is 2.15 bits per heavy atom. The number of nitrogens with one attached hydrogen (secondary N) is 1. The standard InChI is InChI=1S/C25H32N6.C2H6/c1-4-5-18(2)28-25-14-23-12-20(9-11-31(23)29-25)24-13-22(15-26)27-16-21(24)7-6-19-8-10-30(3)17-19;1-2/h9,11,13-14,16,19-20H,2,4-8,10,12,17H2,1,3H3,(H,28,29);1-2H3. The molecular weight excluding hydrogens is 408 g/mol. The fourth-order valence-electron chi connectivity index (χ4n) is 4.75. The molecule has 0 bridgehead atoms. The average molecular weight is 447 g/mol. The summed E-state index contributed by atoms with van der Waals surface area (Å²) in [7, 11) is 2.20. The maximum absolute atomic E-state index is 9.41. The van der Waals surface area contributed by atoms with Gasteiger partial charge in [0.05, 0.1) is 0 Å². The van der Waals surface area contributed by atoms with Gasteiger partial charge in [-0.15, -0.1) is 0 Å². The molecule has 2 aromatic heterocycles. The normalized spacial score (nSPS) is 19.4. The van der Waals surface area contributed by atoms with E-state index in [0.717, 1.165) is 48.8 Å². The lowest BCUT2D eigenvalue weighted by Crippen LogP contribution is -2.15. The van der Waals surface area contributed by atoms with Gasteiger partial charge in [-0.05, 0) is 62.4 Å². The van der Waals surface area contributed by atoms with Crippen molar-refractivity contribution in [3.8, 4) is 6.07 Å². The van der Waals surface area contributed by atoms with Crippen LogP contribution < -0.4 is 5.32 Å². The van der Waals surface area contributed by atoms with Crippen molar-refractivity contribution in [1.29, 1.82) is 5.26 Å². The fourth-order valence-corrected chi connectivity index (χ4v) is 4.75. The Balaban J connectivity index is 0.00000149. The van der Waals surface area contributed by atoms with E-state index in [9.17, 15) is 5.26 Å². The molecule has 6 nitrogen and oxygen atoms in total. The lowest BCUT2D eigenvalue weighted by molar-refractivity contribution is 0.388. The maximum Gasteiger partial charge on any atom is 0.152 e. The highest BCUT2D eigenvalue weighted by molar-refractivity contribution is 5.49. The highest BCUT2D eigenvalue weighted by Gasteiger charge is 2.23. The molecule has 0 amide bonds. The zero-order valence-corrected chi connectivity index (χ0v) is 20.6. The third-order valence-electron chi connectivity index (χ3n) is 6.41. The van der Waals surface area contributed by atoms with Crippen LogP contribution >= 0.6 is 0 Å². The van der Waals surface area contributed by atoms with Gasteiger partial charge >= 0.3 is 0 Å². The number of hydrogen-bond donors (Lipinski definition) is 1. The van der Waals surface area contributed by atoms with Crippen molar-refractivity contribution in [3.05, 3.63) is 59.2 Å². The molecule has 1 N–H and O–H groups in total. The minimum atomic E-state index is 0.229. The molecule has 2 unspecified atom stereocenters. The van der Waals surface area contributed by atoms with Crippen molar-refractivity contribution in [3.63, 3.8) is 0 Å². The van der Waals surface area contributed by atoms with Gasteiger partial charge in [0.2, 0.25) is 0 Å². The molecule has 2 aliphatic heterocycles. The van der Waals surface area contributed by atoms with E-state index in [1.54, 1.807) is 0 Å². The Hall–Kier alpha value is -2.91. The highest BCUT2D eigenvalue weighted by atomic mass is 15.3. The second kappa shape index (κ2) is 11.8. The quantitative estimate of drug-likeness (QED) is 0.572. The monoisotopic (exact) mass is 446 g/mol. The summed E-state index contributed by atoms with van der Waals surface area (Å²) >= 11 is 0. The smallest absolute Gasteiger partial charge is 0.152 e. The van der Waals surface area contributed by atoms with Crippen LogP contribution in [-0.4, -0.2) is 39.8 Å². The predicted molar refractivity (Wildman–Crippen MR) is 136 cm³/mol. The number of aromatic nitrogens is 3. The zero-order chi connectivity index (χ0) is 23.8. The second-order valence-electron chi connectivity index (χ2n) is 8.93. The van der Waals surface area contributed by atoms with Gasteiger partial charge in [-0.2, -0.15) is 10.4 Å². The zero-order valence-electron chi connectivity index (χ0n) is 20.6. The van der Waals surface area contributed by atoms with Gasteiger partial charge in [-0.3, -0.25) is 0 Å². The van der Waals surface area contributed by atoms with Crippen LogP contribution in [0.5, 0.6) is 0 Å². The summed E-state index contributed by atoms with van der Waals surface area (Å²) < 4.78 is 1.94. The van der Waals surface area contributed by atoms with Crippen LogP contribution in [-0.2, 0) is 12.8 Å². The summed E-state index contributed by atoms with van der Waals surface area (Å²) in [6, 6.07) is 6.31. The Labute approximate surface area is 199 Å². The van der Waals surface area contributed by atoms with Crippen molar-refractivity contribution in [2.24, 2.45) is 5.92 Å². The molecule has 2 aromatic rings. The number of aryl methyl sites for hydroxylation is 1. The molecule has 6 heteroatoms. The van der Waals surface area contributed by atoms with Gasteiger partial charge in [-0.1, -0.05) is 39.8 Å². The Kier molecular flexibility index (Phi) is 8.85. The molecule has 0 spiro atoms. The number of nitriles is 1. The van der Waals surface area contributed by atoms with E-state index < -0.39 is 0 Å². The number of rotatable bonds is 8. The Bertz CT molecular complexity index is 1010. The number of likely N-dealkylation sites (tertiary alicyclic amines) is 1. The minimum Gasteiger partial charge on any atom is -0.343 e. The van der Waals surface area contributed by atoms with Gasteiger partial charge in [-0.25, -0.2) is 9.67 Å². The van der Waals surface area contributed by atoms with Crippen LogP contribution in [0.15, 0.2) is 36.7 Å². The summed E-state index contributed by atoms with van der Waals surface area (Å²) in [5.74, 6) is 1.82. The van der Waals surface area contributed by atoms with Gasteiger partial charge < -0.3 is 10.2 Å². The van der Waals surface area contributed by atoms with Gasteiger partial charge in [0.25, 0.3) is 0 Å². The fraction of sp³-hybridized carbons (Fsp3) is 0.519. The van der Waals surface area contributed by atoms with Crippen LogP contribution in [0.3, 0.4) is 0 Å². The Morgan fingerprint density at radius 1 is 1.33 bits per heavy atom. The molecular formula is C27H38N6. The molecule has 0 aromatic carbocycles. The molecule has 0 aliphatic carbocycles. The third kappa shape index (κ3) is 6.33. The van der Waals surface area contributed by atoms with E-state index in [-0.39, 0.29) is 5.92 Å². The van der Waals surface area contributed by atoms with Crippen molar-refractivity contribution in [1.82, 2.24) is 19.7 Å². The number of fused-ring (bicyclic) bond motifs is 1. The summed E-state index contributed by atoms with van der Waals surface area (Å²) in [4.78, 5) is 6.79. The second-order valence-corrected chi connectivity index (χ2v) is 8.93. The number of allylic oxidation sites excluding steroid dienone is 2. The van der Waals surface area contributed by atoms with Gasteiger partial charge in [0.15, 0.2) is 5.82 Å². The number of hydrogen-bond acceptors (Lipinski definition) is 5. The third-order valence-corrected chi connectivity index (χ3v) is 6.41. The number of pyridine rings is 1. The first-order valence-electron chi connectivity index (χ1n) is 12.3. The van der Waals surface area contributed by atoms with Crippen LogP contribution in [0.2, 0.25) is 0 Å². The van der Waals surface area contributed by atoms with Gasteiger partial charge in [0.1, 0.15) is 11.8 Å². The maximum atomic E-state index is 9.41. The van der Waals surface area contributed by atoms with Crippen LogP contribution in [0.25, 0.3) is 6.20 Å². The molecule has 2 atom stereocenters.